The summed E-state index contributed by atoms with van der Waals surface area (Å²) in [5.74, 6) is -0.168. The number of hydrogen-bond donors (Lipinski definition) is 1. The van der Waals surface area contributed by atoms with Crippen LogP contribution in [0.15, 0.2) is 59.3 Å². The number of ketones is 1. The number of likely N-dealkylation sites (N-methyl/N-ethyl adjacent to an activating group) is 1. The quantitative estimate of drug-likeness (QED) is 0.265. The second-order valence-corrected chi connectivity index (χ2v) is 5.98. The summed E-state index contributed by atoms with van der Waals surface area (Å²) in [5.41, 5.74) is 3.00. The van der Waals surface area contributed by atoms with Crippen LogP contribution >= 0.6 is 0 Å². The van der Waals surface area contributed by atoms with Gasteiger partial charge in [-0.25, -0.2) is 0 Å². The summed E-state index contributed by atoms with van der Waals surface area (Å²) in [6, 6.07) is 14.7. The van der Waals surface area contributed by atoms with E-state index in [1.165, 1.54) is 32.1 Å². The molecule has 2 aromatic rings. The first kappa shape index (κ1) is 23.4. The number of benzodiazepines with no additional fused rings is 1. The maximum Gasteiger partial charge on any atom is 0.316 e. The fraction of sp³-hybridized carbons (Fsp3) is 0.190. The summed E-state index contributed by atoms with van der Waals surface area (Å²) >= 11 is 0. The fourth-order valence-corrected chi connectivity index (χ4v) is 2.52. The third kappa shape index (κ3) is 6.22. The van der Waals surface area contributed by atoms with Crippen LogP contribution in [0.2, 0.25) is 0 Å². The maximum absolute atomic E-state index is 13.0. The van der Waals surface area contributed by atoms with Gasteiger partial charge in [-0.2, -0.15) is 0 Å². The second kappa shape index (κ2) is 10.6. The number of amides is 1. The van der Waals surface area contributed by atoms with E-state index in [9.17, 15) is 9.18 Å². The van der Waals surface area contributed by atoms with Crippen molar-refractivity contribution in [2.45, 2.75) is 13.8 Å². The molecule has 7 heteroatoms. The number of anilines is 1. The van der Waals surface area contributed by atoms with Crippen molar-refractivity contribution in [2.24, 2.45) is 4.99 Å². The minimum absolute atomic E-state index is 0. The molecule has 0 aliphatic carbocycles. The van der Waals surface area contributed by atoms with Gasteiger partial charge in [0.1, 0.15) is 6.54 Å². The Hall–Kier alpha value is -2.63. The summed E-state index contributed by atoms with van der Waals surface area (Å²) in [5, 5.41) is 8.40. The first-order valence-electron chi connectivity index (χ1n) is 8.27. The number of nitrogens with zero attached hydrogens (tertiary/aromatic N) is 2. The average molecular weight is 561 g/mol. The number of fused-ring (bicyclic) bond motifs is 1. The molecular formula is C21H21FIrN2O3. The van der Waals surface area contributed by atoms with Gasteiger partial charge in [0.25, 0.3) is 0 Å². The molecule has 5 nitrogen and oxygen atoms in total. The summed E-state index contributed by atoms with van der Waals surface area (Å²) in [4.78, 5) is 26.3. The number of halogens is 1. The van der Waals surface area contributed by atoms with Crippen LogP contribution in [0.1, 0.15) is 25.0 Å². The van der Waals surface area contributed by atoms with Gasteiger partial charge in [-0.1, -0.05) is 18.2 Å². The van der Waals surface area contributed by atoms with Crippen molar-refractivity contribution in [3.8, 4) is 0 Å². The van der Waals surface area contributed by atoms with Gasteiger partial charge >= 0.3 is 5.78 Å². The molecule has 2 N–H and O–H groups in total. The van der Waals surface area contributed by atoms with Crippen LogP contribution in [0.4, 0.5) is 10.1 Å². The smallest absolute Gasteiger partial charge is 0.316 e. The van der Waals surface area contributed by atoms with Crippen molar-refractivity contribution in [1.82, 2.24) is 0 Å². The number of aliphatic imine (C=N–C) groups is 1. The minimum Gasteiger partial charge on any atom is -0.512 e. The summed E-state index contributed by atoms with van der Waals surface area (Å²) in [7, 11) is 1.73. The number of carbonyl (C=O) groups excluding carboxylic acids is 2. The third-order valence-electron chi connectivity index (χ3n) is 3.71. The molecule has 1 aliphatic heterocycles. The number of benzene rings is 2. The van der Waals surface area contributed by atoms with Crippen LogP contribution in [0.3, 0.4) is 0 Å². The van der Waals surface area contributed by atoms with Crippen LogP contribution in [-0.2, 0) is 24.9 Å². The molecule has 0 bridgehead atoms. The third-order valence-corrected chi connectivity index (χ3v) is 3.71. The fourth-order valence-electron chi connectivity index (χ4n) is 2.52. The van der Waals surface area contributed by atoms with Gasteiger partial charge in [0, 0.05) is 38.7 Å². The van der Waals surface area contributed by atoms with Gasteiger partial charge < -0.3 is 15.0 Å². The summed E-state index contributed by atoms with van der Waals surface area (Å²) in [6.07, 6.45) is 1.28. The first-order valence-corrected chi connectivity index (χ1v) is 8.27. The minimum atomic E-state index is -0.343. The molecule has 149 valence electrons. The molecule has 1 radical (unpaired) electrons. The topological polar surface area (TPSA) is 74.3 Å². The molecule has 0 saturated carbocycles. The zero-order valence-corrected chi connectivity index (χ0v) is 18.1. The predicted octanol–water partition coefficient (Wildman–Crippen LogP) is 3.45. The number of aliphatic hydroxyl groups excluding tert-OH is 1. The van der Waals surface area contributed by atoms with E-state index in [0.717, 1.165) is 11.3 Å². The van der Waals surface area contributed by atoms with Gasteiger partial charge in [-0.05, 0) is 24.3 Å². The van der Waals surface area contributed by atoms with Crippen LogP contribution in [0.5, 0.6) is 0 Å². The van der Waals surface area contributed by atoms with E-state index in [-0.39, 0.29) is 49.9 Å². The van der Waals surface area contributed by atoms with E-state index in [1.807, 2.05) is 24.3 Å². The first-order chi connectivity index (χ1) is 12.8. The van der Waals surface area contributed by atoms with Crippen molar-refractivity contribution in [1.29, 1.82) is 0 Å². The van der Waals surface area contributed by atoms with E-state index in [4.69, 9.17) is 9.90 Å². The number of carbonyl (C=O) groups is 1. The SMILES string of the molecule is CC(=[OH+])/C=C(/C)O.CN1C(=O)CN=C(c2[c-]cc(F)cc2)c2ccccc21.[Ir]. The molecule has 2 aromatic carbocycles. The molecule has 1 heterocycles. The number of para-hydroxylation sites is 1. The predicted molar refractivity (Wildman–Crippen MR) is 105 cm³/mol. The average Bonchev–Trinajstić information content (AvgIpc) is 2.73. The number of aliphatic hydroxyl groups is 1. The zero-order chi connectivity index (χ0) is 20.0. The summed E-state index contributed by atoms with van der Waals surface area (Å²) < 4.78 is 13.0. The van der Waals surface area contributed by atoms with Crippen LogP contribution in [-0.4, -0.2) is 40.9 Å². The Bertz CT molecular complexity index is 904. The maximum atomic E-state index is 13.0. The standard InChI is InChI=1S/C16H12FN2O.C5H8O2.Ir/c1-19-14-5-3-2-4-13(14)16(18-10-15(19)20)11-6-8-12(17)9-7-11;1-4(6)3-5(2)7;/h2-6,8-9H,10H2,1H3;3,6H,1-2H3;/q-1;;/p+1/b;4-3-;. The Morgan fingerprint density at radius 2 is 1.96 bits per heavy atom. The molecule has 0 aromatic heterocycles. The van der Waals surface area contributed by atoms with Crippen molar-refractivity contribution in [2.75, 3.05) is 18.5 Å². The van der Waals surface area contributed by atoms with Crippen molar-refractivity contribution >= 4 is 23.1 Å². The van der Waals surface area contributed by atoms with Gasteiger partial charge in [-0.3, -0.25) is 14.0 Å². The van der Waals surface area contributed by atoms with Crippen molar-refractivity contribution < 1.29 is 39.2 Å². The Morgan fingerprint density at radius 3 is 2.50 bits per heavy atom. The largest absolute Gasteiger partial charge is 0.512 e. The molecule has 1 amide bonds. The molecule has 0 spiro atoms. The van der Waals surface area contributed by atoms with E-state index in [2.05, 4.69) is 11.1 Å². The molecule has 0 fully saturated rings. The van der Waals surface area contributed by atoms with Gasteiger partial charge in [0.15, 0.2) is 0 Å². The monoisotopic (exact) mass is 561 g/mol. The molecular weight excluding hydrogens is 539 g/mol. The number of hydrogen-bond acceptors (Lipinski definition) is 3. The van der Waals surface area contributed by atoms with E-state index < -0.39 is 0 Å². The number of allylic oxidation sites excluding steroid dienone is 2. The van der Waals surface area contributed by atoms with Crippen LogP contribution in [0.25, 0.3) is 0 Å². The molecule has 3 rings (SSSR count). The molecule has 28 heavy (non-hydrogen) atoms. The van der Waals surface area contributed by atoms with E-state index in [1.54, 1.807) is 18.0 Å². The molecule has 1 aliphatic rings. The molecule has 0 saturated heterocycles. The second-order valence-electron chi connectivity index (χ2n) is 5.98. The van der Waals surface area contributed by atoms with Gasteiger partial charge in [-0.15, -0.1) is 29.8 Å². The molecule has 0 atom stereocenters. The van der Waals surface area contributed by atoms with Gasteiger partial charge in [0.2, 0.25) is 5.91 Å². The Morgan fingerprint density at radius 1 is 1.29 bits per heavy atom. The van der Waals surface area contributed by atoms with Gasteiger partial charge in [0.05, 0.1) is 18.8 Å². The van der Waals surface area contributed by atoms with E-state index in [0.29, 0.717) is 11.3 Å². The Labute approximate surface area is 176 Å². The number of rotatable bonds is 2. The Balaban J connectivity index is 0.000000425. The van der Waals surface area contributed by atoms with Crippen LogP contribution < -0.4 is 4.90 Å². The molecule has 0 unspecified atom stereocenters. The Kier molecular flexibility index (Phi) is 8.89. The van der Waals surface area contributed by atoms with E-state index >= 15 is 0 Å². The summed E-state index contributed by atoms with van der Waals surface area (Å²) in [6.45, 7) is 3.07. The van der Waals surface area contributed by atoms with Crippen molar-refractivity contribution in [3.63, 3.8) is 0 Å². The van der Waals surface area contributed by atoms with Crippen molar-refractivity contribution in [3.05, 3.63) is 77.3 Å². The zero-order valence-electron chi connectivity index (χ0n) is 15.7. The van der Waals surface area contributed by atoms with Crippen LogP contribution in [0, 0.1) is 11.9 Å². The normalized spacial score (nSPS) is 13.3.